The lowest BCUT2D eigenvalue weighted by Gasteiger charge is -2.71. The van der Waals surface area contributed by atoms with Crippen molar-refractivity contribution in [1.82, 2.24) is 20.3 Å². The molecule has 0 radical (unpaired) electrons. The molecule has 1 aromatic rings. The minimum absolute atomic E-state index is 0.0276. The van der Waals surface area contributed by atoms with Crippen LogP contribution in [0.15, 0.2) is 17.8 Å². The predicted molar refractivity (Wildman–Crippen MR) is 181 cm³/mol. The third kappa shape index (κ3) is 4.99. The van der Waals surface area contributed by atoms with Crippen LogP contribution < -0.4 is 5.32 Å². The summed E-state index contributed by atoms with van der Waals surface area (Å²) in [7, 11) is 0. The van der Waals surface area contributed by atoms with Crippen LogP contribution in [0.5, 0.6) is 0 Å². The molecule has 0 aromatic carbocycles. The number of rotatable bonds is 4. The Kier molecular flexibility index (Phi) is 8.37. The Morgan fingerprint density at radius 3 is 2.39 bits per heavy atom. The fourth-order valence-electron chi connectivity index (χ4n) is 12.6. The number of aliphatic hydroxyl groups is 5. The average Bonchev–Trinajstić information content (AvgIpc) is 3.49. The summed E-state index contributed by atoms with van der Waals surface area (Å²) in [6.07, 6.45) is 5.77. The first-order valence-electron chi connectivity index (χ1n) is 18.7. The Balaban J connectivity index is 1.17. The van der Waals surface area contributed by atoms with Gasteiger partial charge in [-0.25, -0.2) is 4.68 Å². The van der Waals surface area contributed by atoms with Gasteiger partial charge in [0.1, 0.15) is 24.0 Å². The molecule has 1 aromatic heterocycles. The van der Waals surface area contributed by atoms with Gasteiger partial charge in [0.25, 0.3) is 0 Å². The molecule has 11 heteroatoms. The van der Waals surface area contributed by atoms with E-state index in [1.807, 2.05) is 0 Å². The molecular weight excluding hydrogens is 624 g/mol. The molecule has 1 saturated heterocycles. The van der Waals surface area contributed by atoms with Crippen molar-refractivity contribution in [2.24, 2.45) is 50.2 Å². The lowest BCUT2D eigenvalue weighted by molar-refractivity contribution is -0.215. The van der Waals surface area contributed by atoms with Gasteiger partial charge >= 0.3 is 0 Å². The molecule has 5 aliphatic carbocycles. The van der Waals surface area contributed by atoms with E-state index >= 15 is 0 Å². The number of amides is 1. The molecule has 1 aliphatic heterocycles. The number of aliphatic hydroxyl groups excluding tert-OH is 5. The quantitative estimate of drug-likeness (QED) is 0.259. The van der Waals surface area contributed by atoms with Crippen molar-refractivity contribution in [1.29, 1.82) is 0 Å². The van der Waals surface area contributed by atoms with E-state index in [-0.39, 0.29) is 58.2 Å². The van der Waals surface area contributed by atoms with E-state index in [9.17, 15) is 30.3 Å². The molecule has 49 heavy (non-hydrogen) atoms. The molecule has 0 bridgehead atoms. The molecule has 3 unspecified atom stereocenters. The maximum atomic E-state index is 14.6. The molecule has 4 saturated carbocycles. The highest BCUT2D eigenvalue weighted by Gasteiger charge is 2.71. The van der Waals surface area contributed by atoms with Crippen molar-refractivity contribution in [3.63, 3.8) is 0 Å². The molecule has 0 spiro atoms. The Bertz CT molecular complexity index is 1490. The second-order valence-corrected chi connectivity index (χ2v) is 19.0. The van der Waals surface area contributed by atoms with E-state index in [1.165, 1.54) is 10.3 Å². The minimum atomic E-state index is -1.39. The van der Waals surface area contributed by atoms with Gasteiger partial charge in [-0.15, -0.1) is 5.10 Å². The van der Waals surface area contributed by atoms with Gasteiger partial charge in [0.05, 0.1) is 37.0 Å². The topological polar surface area (TPSA) is 170 Å². The number of hydrogen-bond donors (Lipinski definition) is 6. The van der Waals surface area contributed by atoms with Crippen molar-refractivity contribution >= 4 is 5.91 Å². The summed E-state index contributed by atoms with van der Waals surface area (Å²) in [5, 5.41) is 65.3. The van der Waals surface area contributed by atoms with Crippen molar-refractivity contribution in [3.05, 3.63) is 23.5 Å². The monoisotopic (exact) mass is 684 g/mol. The standard InChI is InChI=1S/C38H60N4O7/c1-33(2)14-15-38(32(48)39-18-21-19-42(41-40-21)31-30(47)29(46)24(43)20-49-31)23(16-33)22-8-9-26-35(5)12-11-27(44)34(3,4)25(35)10-13-36(26,6)37(22,7)17-28(38)45/h8,19,23-31,43-47H,9-18,20H2,1-7H3,(H,39,48)/t23?,24-,25?,26?,27+,28-,29-,30+,31+,35+,36-,37-,38-/m1/s1. The van der Waals surface area contributed by atoms with Gasteiger partial charge in [-0.2, -0.15) is 0 Å². The van der Waals surface area contributed by atoms with Gasteiger partial charge in [-0.1, -0.05) is 65.3 Å². The van der Waals surface area contributed by atoms with Gasteiger partial charge < -0.3 is 35.6 Å². The molecule has 6 aliphatic rings. The summed E-state index contributed by atoms with van der Waals surface area (Å²) in [5.74, 6) is 0.627. The van der Waals surface area contributed by atoms with E-state index in [2.05, 4.69) is 70.2 Å². The molecule has 13 atom stereocenters. The third-order valence-electron chi connectivity index (χ3n) is 15.8. The predicted octanol–water partition coefficient (Wildman–Crippen LogP) is 3.64. The second kappa shape index (κ2) is 11.6. The Morgan fingerprint density at radius 2 is 1.65 bits per heavy atom. The summed E-state index contributed by atoms with van der Waals surface area (Å²) < 4.78 is 6.82. The van der Waals surface area contributed by atoms with E-state index in [0.717, 1.165) is 44.9 Å². The fraction of sp³-hybridized carbons (Fsp3) is 0.868. The minimum Gasteiger partial charge on any atom is -0.393 e. The number of carbonyl (C=O) groups is 1. The van der Waals surface area contributed by atoms with Crippen molar-refractivity contribution in [2.45, 2.75) is 150 Å². The number of fused-ring (bicyclic) bond motifs is 7. The van der Waals surface area contributed by atoms with Gasteiger partial charge in [0, 0.05) is 0 Å². The van der Waals surface area contributed by atoms with Crippen molar-refractivity contribution in [3.8, 4) is 0 Å². The van der Waals surface area contributed by atoms with Crippen LogP contribution in [-0.2, 0) is 16.1 Å². The zero-order chi connectivity index (χ0) is 35.5. The number of ether oxygens (including phenoxy) is 1. The Labute approximate surface area is 290 Å². The molecule has 5 fully saturated rings. The van der Waals surface area contributed by atoms with Gasteiger partial charge in [0.15, 0.2) is 6.23 Å². The zero-order valence-corrected chi connectivity index (χ0v) is 30.5. The highest BCUT2D eigenvalue weighted by atomic mass is 16.5. The maximum absolute atomic E-state index is 14.6. The fourth-order valence-corrected chi connectivity index (χ4v) is 12.6. The SMILES string of the molecule is CC1(C)CC[C@@]2(C(=O)NCc3cn([C@H]4OC[C@@H](O)[C@@H](O)[C@@H]4O)nn3)C(C1)C1=CCC3[C@@]4(C)CC[C@H](O)C(C)(C)C4CC[C@@]3(C)[C@]1(C)C[C@H]2O. The van der Waals surface area contributed by atoms with Crippen LogP contribution in [0.1, 0.15) is 118 Å². The lowest BCUT2D eigenvalue weighted by Crippen LogP contribution is -2.68. The molecule has 274 valence electrons. The van der Waals surface area contributed by atoms with Crippen LogP contribution in [0.25, 0.3) is 0 Å². The van der Waals surface area contributed by atoms with Crippen LogP contribution >= 0.6 is 0 Å². The summed E-state index contributed by atoms with van der Waals surface area (Å²) in [6.45, 7) is 16.4. The van der Waals surface area contributed by atoms with Gasteiger partial charge in [0.2, 0.25) is 5.91 Å². The summed E-state index contributed by atoms with van der Waals surface area (Å²) in [4.78, 5) is 14.6. The number of nitrogens with one attached hydrogen (secondary N) is 1. The molecule has 2 heterocycles. The van der Waals surface area contributed by atoms with Crippen molar-refractivity contribution < 1.29 is 35.1 Å². The second-order valence-electron chi connectivity index (χ2n) is 19.0. The number of hydrogen-bond acceptors (Lipinski definition) is 9. The Hall–Kier alpha value is -1.89. The van der Waals surface area contributed by atoms with Gasteiger partial charge in [-0.3, -0.25) is 4.79 Å². The highest BCUT2D eigenvalue weighted by molar-refractivity contribution is 5.85. The average molecular weight is 685 g/mol. The Morgan fingerprint density at radius 1 is 0.918 bits per heavy atom. The van der Waals surface area contributed by atoms with E-state index in [0.29, 0.717) is 30.4 Å². The number of nitrogens with zero attached hydrogens (tertiary/aromatic N) is 3. The third-order valence-corrected chi connectivity index (χ3v) is 15.8. The molecular formula is C38H60N4O7. The van der Waals surface area contributed by atoms with Crippen molar-refractivity contribution in [2.75, 3.05) is 6.61 Å². The summed E-state index contributed by atoms with van der Waals surface area (Å²) in [6, 6.07) is 0. The van der Waals surface area contributed by atoms with Gasteiger partial charge in [-0.05, 0) is 103 Å². The zero-order valence-electron chi connectivity index (χ0n) is 30.5. The van der Waals surface area contributed by atoms with E-state index in [1.54, 1.807) is 6.20 Å². The molecule has 1 amide bonds. The van der Waals surface area contributed by atoms with Crippen LogP contribution in [0.2, 0.25) is 0 Å². The first-order chi connectivity index (χ1) is 22.8. The maximum Gasteiger partial charge on any atom is 0.229 e. The first kappa shape index (κ1) is 35.5. The summed E-state index contributed by atoms with van der Waals surface area (Å²) in [5.41, 5.74) is 0.559. The number of allylic oxidation sites excluding steroid dienone is 2. The smallest absolute Gasteiger partial charge is 0.229 e. The number of carbonyl (C=O) groups excluding carboxylic acids is 1. The van der Waals surface area contributed by atoms with E-state index in [4.69, 9.17) is 4.74 Å². The summed E-state index contributed by atoms with van der Waals surface area (Å²) >= 11 is 0. The molecule has 11 nitrogen and oxygen atoms in total. The molecule has 6 N–H and O–H groups in total. The molecule has 7 rings (SSSR count). The van der Waals surface area contributed by atoms with E-state index < -0.39 is 36.1 Å². The lowest BCUT2D eigenvalue weighted by atomic mass is 9.33. The van der Waals surface area contributed by atoms with Crippen LogP contribution in [0.3, 0.4) is 0 Å². The largest absolute Gasteiger partial charge is 0.393 e. The first-order valence-corrected chi connectivity index (χ1v) is 18.7. The highest BCUT2D eigenvalue weighted by Crippen LogP contribution is 2.75. The van der Waals surface area contributed by atoms with Crippen LogP contribution in [0.4, 0.5) is 0 Å². The van der Waals surface area contributed by atoms with Crippen LogP contribution in [0, 0.1) is 50.2 Å². The number of aromatic nitrogens is 3. The van der Waals surface area contributed by atoms with Crippen LogP contribution in [-0.4, -0.2) is 83.6 Å². The normalized spacial score (nSPS) is 48.7.